The molecule has 10 heterocycles. The Morgan fingerprint density at radius 1 is 0.467 bits per heavy atom. The Morgan fingerprint density at radius 2 is 0.907 bits per heavy atom. The molecule has 384 valence electrons. The van der Waals surface area contributed by atoms with Crippen LogP contribution in [0.1, 0.15) is 80.0 Å². The van der Waals surface area contributed by atoms with Gasteiger partial charge in [-0.1, -0.05) is 49.7 Å². The predicted molar refractivity (Wildman–Crippen MR) is 287 cm³/mol. The maximum atomic E-state index is 13.4. The van der Waals surface area contributed by atoms with Crippen molar-refractivity contribution in [1.82, 2.24) is 68.7 Å². The zero-order chi connectivity index (χ0) is 51.8. The summed E-state index contributed by atoms with van der Waals surface area (Å²) in [6.45, 7) is 9.55. The quantitative estimate of drug-likeness (QED) is 0.121. The average Bonchev–Trinajstić information content (AvgIpc) is 4.29. The van der Waals surface area contributed by atoms with E-state index >= 15 is 0 Å². The van der Waals surface area contributed by atoms with Crippen LogP contribution in [0.4, 0.5) is 26.5 Å². The topological polar surface area (TPSA) is 157 Å². The Balaban J connectivity index is 0.000000142. The average molecular weight is 1030 g/mol. The van der Waals surface area contributed by atoms with Crippen molar-refractivity contribution in [3.63, 3.8) is 0 Å². The molecule has 12 rings (SSSR count). The van der Waals surface area contributed by atoms with Gasteiger partial charge in [0.15, 0.2) is 11.0 Å². The number of rotatable bonds is 11. The summed E-state index contributed by atoms with van der Waals surface area (Å²) in [6.07, 6.45) is 27.8. The molecule has 17 nitrogen and oxygen atoms in total. The minimum absolute atomic E-state index is 0.144. The highest BCUT2D eigenvalue weighted by molar-refractivity contribution is 6.32. The van der Waals surface area contributed by atoms with Crippen LogP contribution in [0.2, 0.25) is 5.15 Å². The SMILES string of the molecule is CC[C@H](c1ccc(F)cc1)c1cnc(N2CCCCC2)nc1.CC[C@H](c1ccc(F)cc1)c1cnc(N2CCN(c3ncnn4cc(-c5cnn(C)c5)cc34)CC2)nc1.Cn1cc(-c2cc3c(Cl)ncnn3c2)cn1. The second-order valence-electron chi connectivity index (χ2n) is 18.7. The molecule has 2 aliphatic heterocycles. The number of piperidine rings is 1. The smallest absolute Gasteiger partial charge is 0.225 e. The van der Waals surface area contributed by atoms with Crippen molar-refractivity contribution in [2.75, 3.05) is 54.0 Å². The molecule has 2 fully saturated rings. The van der Waals surface area contributed by atoms with Gasteiger partial charge < -0.3 is 14.7 Å². The number of hydrogen-bond acceptors (Lipinski definition) is 13. The van der Waals surface area contributed by atoms with Gasteiger partial charge in [0.2, 0.25) is 11.9 Å². The summed E-state index contributed by atoms with van der Waals surface area (Å²) in [4.78, 5) is 33.8. The van der Waals surface area contributed by atoms with Crippen molar-refractivity contribution < 1.29 is 8.78 Å². The lowest BCUT2D eigenvalue weighted by atomic mass is 9.91. The van der Waals surface area contributed by atoms with Crippen molar-refractivity contribution in [3.8, 4) is 22.3 Å². The molecule has 0 aliphatic carbocycles. The van der Waals surface area contributed by atoms with Gasteiger partial charge in [-0.25, -0.2) is 47.7 Å². The van der Waals surface area contributed by atoms with E-state index in [2.05, 4.69) is 84.9 Å². The van der Waals surface area contributed by atoms with Crippen LogP contribution in [0.25, 0.3) is 33.3 Å². The highest BCUT2D eigenvalue weighted by Gasteiger charge is 2.24. The Labute approximate surface area is 438 Å². The first kappa shape index (κ1) is 50.3. The Kier molecular flexibility index (Phi) is 15.4. The first-order valence-electron chi connectivity index (χ1n) is 25.3. The van der Waals surface area contributed by atoms with E-state index in [-0.39, 0.29) is 23.5 Å². The lowest BCUT2D eigenvalue weighted by molar-refractivity contribution is 0.567. The number of halogens is 3. The normalized spacial score (nSPS) is 14.6. The third kappa shape index (κ3) is 11.6. The maximum absolute atomic E-state index is 13.4. The van der Waals surface area contributed by atoms with E-state index in [1.165, 1.54) is 49.9 Å². The monoisotopic (exact) mass is 1030 g/mol. The van der Waals surface area contributed by atoms with Gasteiger partial charge in [0, 0.05) is 137 Å². The molecule has 0 bridgehead atoms. The zero-order valence-corrected chi connectivity index (χ0v) is 43.1. The molecule has 8 aromatic heterocycles. The summed E-state index contributed by atoms with van der Waals surface area (Å²) in [5.41, 5.74) is 10.2. The minimum atomic E-state index is -0.224. The fourth-order valence-electron chi connectivity index (χ4n) is 9.80. The highest BCUT2D eigenvalue weighted by Crippen LogP contribution is 2.31. The van der Waals surface area contributed by atoms with Crippen molar-refractivity contribution >= 4 is 40.3 Å². The molecule has 20 heteroatoms. The maximum Gasteiger partial charge on any atom is 0.225 e. The lowest BCUT2D eigenvalue weighted by Crippen LogP contribution is -2.47. The lowest BCUT2D eigenvalue weighted by Gasteiger charge is -2.35. The van der Waals surface area contributed by atoms with E-state index in [1.807, 2.05) is 105 Å². The second kappa shape index (κ2) is 22.9. The van der Waals surface area contributed by atoms with Crippen molar-refractivity contribution in [1.29, 1.82) is 0 Å². The Bertz CT molecular complexity index is 3430. The molecule has 75 heavy (non-hydrogen) atoms. The van der Waals surface area contributed by atoms with Gasteiger partial charge in [0.25, 0.3) is 0 Å². The van der Waals surface area contributed by atoms with Gasteiger partial charge in [-0.05, 0) is 90.8 Å². The van der Waals surface area contributed by atoms with E-state index in [0.29, 0.717) is 5.15 Å². The van der Waals surface area contributed by atoms with Gasteiger partial charge in [0.1, 0.15) is 35.3 Å². The number of benzene rings is 2. The van der Waals surface area contributed by atoms with Crippen LogP contribution in [-0.2, 0) is 14.1 Å². The van der Waals surface area contributed by atoms with E-state index in [0.717, 1.165) is 125 Å². The number of hydrogen-bond donors (Lipinski definition) is 0. The number of piperazine rings is 1. The van der Waals surface area contributed by atoms with Crippen molar-refractivity contribution in [3.05, 3.63) is 174 Å². The summed E-state index contributed by atoms with van der Waals surface area (Å²) in [7, 11) is 3.79. The fourth-order valence-corrected chi connectivity index (χ4v) is 9.98. The van der Waals surface area contributed by atoms with E-state index < -0.39 is 0 Å². The number of anilines is 3. The summed E-state index contributed by atoms with van der Waals surface area (Å²) < 4.78 is 33.6. The number of aromatic nitrogens is 14. The van der Waals surface area contributed by atoms with Gasteiger partial charge in [0.05, 0.1) is 12.4 Å². The second-order valence-corrected chi connectivity index (χ2v) is 19.1. The Hall–Kier alpha value is -8.19. The number of fused-ring (bicyclic) bond motifs is 2. The minimum Gasteiger partial charge on any atom is -0.351 e. The molecule has 0 N–H and O–H groups in total. The first-order valence-corrected chi connectivity index (χ1v) is 25.7. The van der Waals surface area contributed by atoms with E-state index in [9.17, 15) is 8.78 Å². The zero-order valence-electron chi connectivity index (χ0n) is 42.4. The molecule has 0 amide bonds. The summed E-state index contributed by atoms with van der Waals surface area (Å²) in [5.74, 6) is 2.42. The molecule has 0 saturated carbocycles. The molecule has 2 atom stereocenters. The predicted octanol–water partition coefficient (Wildman–Crippen LogP) is 9.86. The number of aryl methyl sites for hydroxylation is 2. The summed E-state index contributed by atoms with van der Waals surface area (Å²) in [5, 5.41) is 17.4. The standard InChI is InChI=1S/C27H28FN9.C18H22FN3.C10H8ClN5/c1-3-24(19-4-6-23(28)7-5-19)21-13-29-27(30-14-21)36-10-8-35(9-11-36)26-25-12-20(17-37(25)33-18-31-26)22-15-32-34(2)16-22;1-2-17(14-6-8-16(19)9-7-14)15-12-20-18(21-13-15)22-10-4-3-5-11-22;1-15-4-8(3-13-15)7-2-9-10(11)12-6-14-16(9)5-7/h4-7,12-18,24H,3,8-11H2,1-2H3;6-9,12-13,17H,2-5,10-11H2,1H3;2-6H,1H3/t24-;17-;/m11./s1. The number of nitrogens with zero attached hydrogens (tertiary/aromatic N) is 17. The van der Waals surface area contributed by atoms with Gasteiger partial charge in [-0.3, -0.25) is 9.36 Å². The third-order valence-electron chi connectivity index (χ3n) is 13.8. The molecule has 0 unspecified atom stereocenters. The van der Waals surface area contributed by atoms with Gasteiger partial charge >= 0.3 is 0 Å². The van der Waals surface area contributed by atoms with Crippen LogP contribution in [0.3, 0.4) is 0 Å². The van der Waals surface area contributed by atoms with Gasteiger partial charge in [-0.15, -0.1) is 0 Å². The molecular formula is C55H58ClF2N17. The van der Waals surface area contributed by atoms with Crippen molar-refractivity contribution in [2.24, 2.45) is 14.1 Å². The van der Waals surface area contributed by atoms with E-state index in [1.54, 1.807) is 26.4 Å². The van der Waals surface area contributed by atoms with Gasteiger partial charge in [-0.2, -0.15) is 20.4 Å². The molecule has 2 saturated heterocycles. The molecule has 2 aromatic carbocycles. The summed E-state index contributed by atoms with van der Waals surface area (Å²) in [6, 6.07) is 17.5. The fraction of sp³-hybridized carbons (Fsp3) is 0.309. The van der Waals surface area contributed by atoms with Crippen LogP contribution in [0, 0.1) is 11.6 Å². The molecule has 0 radical (unpaired) electrons. The van der Waals surface area contributed by atoms with Crippen LogP contribution >= 0.6 is 11.6 Å². The van der Waals surface area contributed by atoms with E-state index in [4.69, 9.17) is 11.6 Å². The van der Waals surface area contributed by atoms with Crippen LogP contribution in [0.5, 0.6) is 0 Å². The van der Waals surface area contributed by atoms with Crippen LogP contribution < -0.4 is 14.7 Å². The highest BCUT2D eigenvalue weighted by atomic mass is 35.5. The molecule has 10 aromatic rings. The summed E-state index contributed by atoms with van der Waals surface area (Å²) >= 11 is 5.97. The molecule has 0 spiro atoms. The Morgan fingerprint density at radius 3 is 1.36 bits per heavy atom. The molecule has 2 aliphatic rings. The largest absolute Gasteiger partial charge is 0.351 e. The first-order chi connectivity index (χ1) is 36.6. The third-order valence-corrected chi connectivity index (χ3v) is 14.1. The molecular weight excluding hydrogens is 972 g/mol. The van der Waals surface area contributed by atoms with Crippen molar-refractivity contribution in [2.45, 2.75) is 57.8 Å². The van der Waals surface area contributed by atoms with Crippen LogP contribution in [-0.4, -0.2) is 108 Å². The van der Waals surface area contributed by atoms with Crippen LogP contribution in [0.15, 0.2) is 135 Å².